The summed E-state index contributed by atoms with van der Waals surface area (Å²) in [6.45, 7) is -1.07. The summed E-state index contributed by atoms with van der Waals surface area (Å²) in [6, 6.07) is 9.78. The van der Waals surface area contributed by atoms with E-state index in [0.717, 1.165) is 11.0 Å². The maximum absolute atomic E-state index is 13.2. The monoisotopic (exact) mass is 460 g/mol. The van der Waals surface area contributed by atoms with Crippen LogP contribution in [-0.2, 0) is 14.4 Å². The second-order valence-electron chi connectivity index (χ2n) is 6.42. The van der Waals surface area contributed by atoms with Crippen molar-refractivity contribution >= 4 is 46.5 Å². The summed E-state index contributed by atoms with van der Waals surface area (Å²) in [4.78, 5) is 48.6. The van der Waals surface area contributed by atoms with Crippen molar-refractivity contribution in [1.29, 1.82) is 0 Å². The summed E-state index contributed by atoms with van der Waals surface area (Å²) in [6.07, 6.45) is 1.44. The standard InChI is InChI=1S/C21H17FN2O7S/c1-30-16-7-12(5-6-15(16)31-11-19(26)27)8-17-20(28)24(21(29)32-17)10-18(25)23-14-4-2-3-13(22)9-14/h2-9H,10-11H2,1H3,(H,23,25)(H,26,27)/b17-8+. The Morgan fingerprint density at radius 2 is 1.97 bits per heavy atom. The van der Waals surface area contributed by atoms with Gasteiger partial charge in [0.25, 0.3) is 11.1 Å². The molecule has 2 aromatic rings. The molecule has 11 heteroatoms. The molecular weight excluding hydrogens is 443 g/mol. The number of hydrogen-bond acceptors (Lipinski definition) is 7. The maximum atomic E-state index is 13.2. The van der Waals surface area contributed by atoms with Gasteiger partial charge in [-0.05, 0) is 53.7 Å². The summed E-state index contributed by atoms with van der Waals surface area (Å²) < 4.78 is 23.5. The molecular formula is C21H17FN2O7S. The van der Waals surface area contributed by atoms with Gasteiger partial charge in [0.1, 0.15) is 12.4 Å². The second kappa shape index (κ2) is 9.96. The number of rotatable bonds is 8. The number of nitrogens with one attached hydrogen (secondary N) is 1. The van der Waals surface area contributed by atoms with Crippen LogP contribution in [0.4, 0.5) is 14.9 Å². The Kier molecular flexibility index (Phi) is 7.11. The number of carbonyl (C=O) groups excluding carboxylic acids is 3. The lowest BCUT2D eigenvalue weighted by Crippen LogP contribution is -2.36. The van der Waals surface area contributed by atoms with E-state index in [4.69, 9.17) is 14.6 Å². The van der Waals surface area contributed by atoms with Crippen molar-refractivity contribution in [3.63, 3.8) is 0 Å². The van der Waals surface area contributed by atoms with Crippen LogP contribution in [0.2, 0.25) is 0 Å². The molecule has 0 saturated carbocycles. The third-order valence-electron chi connectivity index (χ3n) is 4.12. The molecule has 166 valence electrons. The highest BCUT2D eigenvalue weighted by atomic mass is 32.2. The van der Waals surface area contributed by atoms with Crippen molar-refractivity contribution in [2.75, 3.05) is 25.6 Å². The van der Waals surface area contributed by atoms with Crippen LogP contribution in [0.1, 0.15) is 5.56 Å². The van der Waals surface area contributed by atoms with E-state index in [-0.39, 0.29) is 22.1 Å². The van der Waals surface area contributed by atoms with Crippen LogP contribution >= 0.6 is 11.8 Å². The van der Waals surface area contributed by atoms with Crippen LogP contribution in [-0.4, -0.2) is 53.3 Å². The molecule has 0 atom stereocenters. The Bertz CT molecular complexity index is 1120. The molecule has 2 aromatic carbocycles. The lowest BCUT2D eigenvalue weighted by molar-refractivity contribution is -0.139. The molecule has 0 spiro atoms. The first-order valence-electron chi connectivity index (χ1n) is 9.10. The van der Waals surface area contributed by atoms with Gasteiger partial charge in [0.05, 0.1) is 12.0 Å². The quantitative estimate of drug-likeness (QED) is 0.577. The summed E-state index contributed by atoms with van der Waals surface area (Å²) in [7, 11) is 1.37. The van der Waals surface area contributed by atoms with E-state index >= 15 is 0 Å². The van der Waals surface area contributed by atoms with E-state index in [1.807, 2.05) is 0 Å². The van der Waals surface area contributed by atoms with Gasteiger partial charge in [-0.1, -0.05) is 12.1 Å². The van der Waals surface area contributed by atoms with Gasteiger partial charge in [-0.3, -0.25) is 19.3 Å². The first-order chi connectivity index (χ1) is 15.3. The third-order valence-corrected chi connectivity index (χ3v) is 5.03. The number of thioether (sulfide) groups is 1. The predicted octanol–water partition coefficient (Wildman–Crippen LogP) is 2.97. The van der Waals surface area contributed by atoms with Crippen LogP contribution in [0.3, 0.4) is 0 Å². The zero-order valence-corrected chi connectivity index (χ0v) is 17.5. The molecule has 1 fully saturated rings. The predicted molar refractivity (Wildman–Crippen MR) is 114 cm³/mol. The van der Waals surface area contributed by atoms with Crippen molar-refractivity contribution in [3.05, 3.63) is 58.8 Å². The topological polar surface area (TPSA) is 122 Å². The number of halogens is 1. The number of anilines is 1. The average Bonchev–Trinajstić information content (AvgIpc) is 2.99. The fourth-order valence-corrected chi connectivity index (χ4v) is 3.57. The molecule has 1 saturated heterocycles. The SMILES string of the molecule is COc1cc(/C=C2/SC(=O)N(CC(=O)Nc3cccc(F)c3)C2=O)ccc1OCC(=O)O. The van der Waals surface area contributed by atoms with E-state index in [1.165, 1.54) is 43.5 Å². The fourth-order valence-electron chi connectivity index (χ4n) is 2.73. The molecule has 1 heterocycles. The number of carboxylic acids is 1. The Morgan fingerprint density at radius 1 is 1.19 bits per heavy atom. The van der Waals surface area contributed by atoms with Gasteiger partial charge in [0.15, 0.2) is 18.1 Å². The lowest BCUT2D eigenvalue weighted by Gasteiger charge is -2.12. The average molecular weight is 460 g/mol. The number of nitrogens with zero attached hydrogens (tertiary/aromatic N) is 1. The number of hydrogen-bond donors (Lipinski definition) is 2. The van der Waals surface area contributed by atoms with Crippen LogP contribution in [0.15, 0.2) is 47.4 Å². The molecule has 9 nitrogen and oxygen atoms in total. The van der Waals surface area contributed by atoms with E-state index in [1.54, 1.807) is 6.07 Å². The molecule has 0 unspecified atom stereocenters. The van der Waals surface area contributed by atoms with E-state index < -0.39 is 42.0 Å². The molecule has 32 heavy (non-hydrogen) atoms. The summed E-state index contributed by atoms with van der Waals surface area (Å²) in [5.74, 6) is -2.54. The summed E-state index contributed by atoms with van der Waals surface area (Å²) >= 11 is 0.668. The van der Waals surface area contributed by atoms with Gasteiger partial charge in [0, 0.05) is 5.69 Å². The highest BCUT2D eigenvalue weighted by Crippen LogP contribution is 2.34. The van der Waals surface area contributed by atoms with Gasteiger partial charge < -0.3 is 19.9 Å². The number of aliphatic carboxylic acids is 1. The molecule has 1 aliphatic rings. The minimum absolute atomic E-state index is 0.0924. The molecule has 0 aliphatic carbocycles. The first-order valence-corrected chi connectivity index (χ1v) is 9.92. The fraction of sp³-hybridized carbons (Fsp3) is 0.143. The molecule has 0 radical (unpaired) electrons. The molecule has 3 rings (SSSR count). The van der Waals surface area contributed by atoms with Gasteiger partial charge in [-0.2, -0.15) is 0 Å². The van der Waals surface area contributed by atoms with Gasteiger partial charge in [0.2, 0.25) is 5.91 Å². The normalized spacial score (nSPS) is 14.6. The number of amides is 3. The number of ether oxygens (including phenoxy) is 2. The molecule has 0 aromatic heterocycles. The maximum Gasteiger partial charge on any atom is 0.341 e. The van der Waals surface area contributed by atoms with Crippen molar-refractivity contribution < 1.29 is 38.1 Å². The smallest absolute Gasteiger partial charge is 0.341 e. The highest BCUT2D eigenvalue weighted by Gasteiger charge is 2.36. The second-order valence-corrected chi connectivity index (χ2v) is 7.41. The zero-order chi connectivity index (χ0) is 23.3. The number of imide groups is 1. The van der Waals surface area contributed by atoms with E-state index in [9.17, 15) is 23.6 Å². The third kappa shape index (κ3) is 5.64. The van der Waals surface area contributed by atoms with Crippen molar-refractivity contribution in [2.24, 2.45) is 0 Å². The summed E-state index contributed by atoms with van der Waals surface area (Å²) in [5.41, 5.74) is 0.703. The highest BCUT2D eigenvalue weighted by molar-refractivity contribution is 8.18. The van der Waals surface area contributed by atoms with Crippen LogP contribution in [0.5, 0.6) is 11.5 Å². The molecule has 1 aliphatic heterocycles. The largest absolute Gasteiger partial charge is 0.493 e. The number of carbonyl (C=O) groups is 4. The number of benzene rings is 2. The lowest BCUT2D eigenvalue weighted by atomic mass is 10.2. The van der Waals surface area contributed by atoms with E-state index in [0.29, 0.717) is 17.3 Å². The Labute approximate surface area is 185 Å². The molecule has 0 bridgehead atoms. The van der Waals surface area contributed by atoms with Crippen LogP contribution < -0.4 is 14.8 Å². The number of carboxylic acid groups (broad SMARTS) is 1. The minimum atomic E-state index is -1.15. The Morgan fingerprint density at radius 3 is 2.66 bits per heavy atom. The van der Waals surface area contributed by atoms with Gasteiger partial charge >= 0.3 is 5.97 Å². The van der Waals surface area contributed by atoms with E-state index in [2.05, 4.69) is 5.32 Å². The Balaban J connectivity index is 1.70. The number of methoxy groups -OCH3 is 1. The van der Waals surface area contributed by atoms with Crippen molar-refractivity contribution in [2.45, 2.75) is 0 Å². The van der Waals surface area contributed by atoms with Crippen LogP contribution in [0, 0.1) is 5.82 Å². The molecule has 2 N–H and O–H groups in total. The van der Waals surface area contributed by atoms with Crippen LogP contribution in [0.25, 0.3) is 6.08 Å². The molecule has 3 amide bonds. The minimum Gasteiger partial charge on any atom is -0.493 e. The first kappa shape index (κ1) is 22.8. The van der Waals surface area contributed by atoms with Crippen molar-refractivity contribution in [3.8, 4) is 11.5 Å². The zero-order valence-electron chi connectivity index (χ0n) is 16.7. The van der Waals surface area contributed by atoms with Gasteiger partial charge in [-0.15, -0.1) is 0 Å². The van der Waals surface area contributed by atoms with Crippen molar-refractivity contribution in [1.82, 2.24) is 4.90 Å². The summed E-state index contributed by atoms with van der Waals surface area (Å²) in [5, 5.41) is 10.5. The van der Waals surface area contributed by atoms with Gasteiger partial charge in [-0.25, -0.2) is 9.18 Å². The Hall–Kier alpha value is -3.86.